The fraction of sp³-hybridized carbons (Fsp3) is 0.0833. The molecule has 0 aliphatic heterocycles. The molecule has 148 valence electrons. The van der Waals surface area contributed by atoms with Crippen molar-refractivity contribution in [1.82, 2.24) is 24.6 Å². The average molecular weight is 517 g/mol. The maximum Gasteiger partial charge on any atom is 0.289 e. The molecule has 9 nitrogen and oxygen atoms in total. The van der Waals surface area contributed by atoms with Crippen LogP contribution in [0, 0.1) is 21.7 Å². The summed E-state index contributed by atoms with van der Waals surface area (Å²) < 4.78 is 37.6. The van der Waals surface area contributed by atoms with Crippen molar-refractivity contribution in [2.75, 3.05) is 5.32 Å². The molecular formula is C12H6BrClF3N7O2S2. The molecular weight excluding hydrogens is 511 g/mol. The van der Waals surface area contributed by atoms with Gasteiger partial charge in [0, 0.05) is 11.8 Å². The van der Waals surface area contributed by atoms with Gasteiger partial charge in [0.25, 0.3) is 15.1 Å². The minimum absolute atomic E-state index is 0.0181. The van der Waals surface area contributed by atoms with Gasteiger partial charge in [-0.2, -0.15) is 0 Å². The molecule has 0 radical (unpaired) electrons. The van der Waals surface area contributed by atoms with Gasteiger partial charge in [0.2, 0.25) is 0 Å². The van der Waals surface area contributed by atoms with Gasteiger partial charge in [0.1, 0.15) is 9.85 Å². The SMILES string of the molecule is O=[N+]([O-])SC(Br)(Sc1nc(Nc2cccc(F)c2F)c2[nH]cnc2n1)N(F)Cl. The summed E-state index contributed by atoms with van der Waals surface area (Å²) in [7, 11) is 0. The largest absolute Gasteiger partial charge is 0.340 e. The van der Waals surface area contributed by atoms with Crippen molar-refractivity contribution in [3.8, 4) is 0 Å². The van der Waals surface area contributed by atoms with Crippen molar-refractivity contribution < 1.29 is 17.6 Å². The van der Waals surface area contributed by atoms with Crippen LogP contribution < -0.4 is 5.32 Å². The Morgan fingerprint density at radius 3 is 2.82 bits per heavy atom. The Labute approximate surface area is 175 Å². The molecule has 0 fully saturated rings. The summed E-state index contributed by atoms with van der Waals surface area (Å²) in [5, 5.41) is 13.2. The van der Waals surface area contributed by atoms with Gasteiger partial charge in [-0.1, -0.05) is 6.07 Å². The molecule has 0 bridgehead atoms. The van der Waals surface area contributed by atoms with Crippen LogP contribution in [-0.4, -0.2) is 32.0 Å². The van der Waals surface area contributed by atoms with Crippen molar-refractivity contribution in [1.29, 1.82) is 0 Å². The van der Waals surface area contributed by atoms with E-state index in [9.17, 15) is 23.4 Å². The highest BCUT2D eigenvalue weighted by Gasteiger charge is 2.46. The van der Waals surface area contributed by atoms with E-state index in [-0.39, 0.29) is 39.8 Å². The van der Waals surface area contributed by atoms with Gasteiger partial charge in [0.05, 0.1) is 12.0 Å². The summed E-state index contributed by atoms with van der Waals surface area (Å²) in [6.45, 7) is 0. The Morgan fingerprint density at radius 1 is 1.39 bits per heavy atom. The van der Waals surface area contributed by atoms with Gasteiger partial charge in [-0.15, -0.1) is 4.48 Å². The highest BCUT2D eigenvalue weighted by molar-refractivity contribution is 9.13. The van der Waals surface area contributed by atoms with E-state index in [1.807, 2.05) is 0 Å². The summed E-state index contributed by atoms with van der Waals surface area (Å²) in [6.07, 6.45) is 1.27. The predicted molar refractivity (Wildman–Crippen MR) is 102 cm³/mol. The number of fused-ring (bicyclic) bond motifs is 1. The number of thioether (sulfide) groups is 1. The van der Waals surface area contributed by atoms with E-state index in [1.54, 1.807) is 0 Å². The molecule has 0 aliphatic carbocycles. The second kappa shape index (κ2) is 8.28. The number of aromatic nitrogens is 4. The van der Waals surface area contributed by atoms with E-state index in [2.05, 4.69) is 41.2 Å². The molecule has 0 saturated heterocycles. The number of hydrogen-bond acceptors (Lipinski definition) is 9. The van der Waals surface area contributed by atoms with Crippen molar-refractivity contribution in [2.45, 2.75) is 8.27 Å². The molecule has 3 aromatic rings. The third kappa shape index (κ3) is 4.43. The van der Waals surface area contributed by atoms with Gasteiger partial charge < -0.3 is 10.3 Å². The average Bonchev–Trinajstić information content (AvgIpc) is 3.06. The predicted octanol–water partition coefficient (Wildman–Crippen LogP) is 4.74. The zero-order valence-corrected chi connectivity index (χ0v) is 17.0. The minimum Gasteiger partial charge on any atom is -0.340 e. The first kappa shape index (κ1) is 20.9. The molecule has 1 unspecified atom stereocenters. The van der Waals surface area contributed by atoms with Crippen LogP contribution in [-0.2, 0) is 0 Å². The maximum atomic E-state index is 14.0. The zero-order valence-electron chi connectivity index (χ0n) is 13.1. The number of aromatic amines is 1. The van der Waals surface area contributed by atoms with Crippen LogP contribution >= 0.6 is 51.4 Å². The summed E-state index contributed by atoms with van der Waals surface area (Å²) in [6, 6.07) is 3.50. The highest BCUT2D eigenvalue weighted by atomic mass is 79.9. The Kier molecular flexibility index (Phi) is 6.18. The van der Waals surface area contributed by atoms with Crippen LogP contribution in [0.4, 0.5) is 24.8 Å². The Hall–Kier alpha value is -1.81. The molecule has 0 aliphatic rings. The molecule has 28 heavy (non-hydrogen) atoms. The minimum atomic E-state index is -2.11. The van der Waals surface area contributed by atoms with Crippen molar-refractivity contribution >= 4 is 74.1 Å². The summed E-state index contributed by atoms with van der Waals surface area (Å²) >= 11 is 8.45. The number of benzene rings is 1. The molecule has 0 amide bonds. The van der Waals surface area contributed by atoms with E-state index in [1.165, 1.54) is 18.5 Å². The van der Waals surface area contributed by atoms with E-state index < -0.39 is 23.7 Å². The normalized spacial score (nSPS) is 13.6. The number of anilines is 2. The first-order valence-electron chi connectivity index (χ1n) is 6.95. The van der Waals surface area contributed by atoms with Crippen LogP contribution in [0.25, 0.3) is 11.2 Å². The van der Waals surface area contributed by atoms with Crippen LogP contribution in [0.5, 0.6) is 0 Å². The lowest BCUT2D eigenvalue weighted by Crippen LogP contribution is -2.26. The van der Waals surface area contributed by atoms with Crippen molar-refractivity contribution in [3.05, 3.63) is 46.3 Å². The van der Waals surface area contributed by atoms with Crippen LogP contribution in [0.15, 0.2) is 29.7 Å². The fourth-order valence-electron chi connectivity index (χ4n) is 1.97. The molecule has 1 atom stereocenters. The number of halogens is 5. The summed E-state index contributed by atoms with van der Waals surface area (Å²) in [4.78, 5) is 25.6. The van der Waals surface area contributed by atoms with E-state index in [0.29, 0.717) is 11.8 Å². The number of rotatable bonds is 7. The Morgan fingerprint density at radius 2 is 2.14 bits per heavy atom. The molecule has 16 heteroatoms. The molecule has 1 aromatic carbocycles. The van der Waals surface area contributed by atoms with Gasteiger partial charge in [-0.25, -0.2) is 23.7 Å². The number of hydrogen-bond donors (Lipinski definition) is 2. The molecule has 0 spiro atoms. The van der Waals surface area contributed by atoms with E-state index >= 15 is 0 Å². The van der Waals surface area contributed by atoms with Crippen molar-refractivity contribution in [2.24, 2.45) is 0 Å². The maximum absolute atomic E-state index is 14.0. The number of H-pyrrole nitrogens is 1. The molecule has 2 aromatic heterocycles. The van der Waals surface area contributed by atoms with E-state index in [4.69, 9.17) is 11.8 Å². The smallest absolute Gasteiger partial charge is 0.289 e. The third-order valence-electron chi connectivity index (χ3n) is 3.08. The molecule has 2 heterocycles. The number of alkyl halides is 1. The Bertz CT molecular complexity index is 1050. The number of nitrogens with zero attached hydrogens (tertiary/aromatic N) is 5. The standard InChI is InChI=1S/C12H6BrClF3N7O2S2/c13-12(23(14)17,28-24(25)26)27-11-21-9-8(18-4-19-9)10(22-11)20-6-3-1-2-5(15)7(6)16/h1-4H,(H2,18,19,20,21,22). The number of nitrogens with one attached hydrogen (secondary N) is 2. The summed E-state index contributed by atoms with van der Waals surface area (Å²) in [5.41, 5.74) is 0.121. The zero-order chi connectivity index (χ0) is 20.5. The lowest BCUT2D eigenvalue weighted by molar-refractivity contribution is -0.286. The van der Waals surface area contributed by atoms with E-state index in [0.717, 1.165) is 6.07 Å². The van der Waals surface area contributed by atoms with Gasteiger partial charge in [0.15, 0.2) is 28.3 Å². The van der Waals surface area contributed by atoms with Crippen LogP contribution in [0.3, 0.4) is 0 Å². The second-order valence-electron chi connectivity index (χ2n) is 4.84. The number of imidazole rings is 1. The topological polar surface area (TPSA) is 113 Å². The van der Waals surface area contributed by atoms with Gasteiger partial charge in [-0.3, -0.25) is 10.1 Å². The lowest BCUT2D eigenvalue weighted by atomic mass is 10.3. The van der Waals surface area contributed by atoms with Gasteiger partial charge >= 0.3 is 0 Å². The fourth-order valence-corrected chi connectivity index (χ4v) is 4.31. The second-order valence-corrected chi connectivity index (χ2v) is 9.82. The van der Waals surface area contributed by atoms with Crippen LogP contribution in [0.1, 0.15) is 0 Å². The first-order valence-corrected chi connectivity index (χ1v) is 9.67. The molecule has 0 saturated carbocycles. The van der Waals surface area contributed by atoms with Gasteiger partial charge in [-0.05, 0) is 44.5 Å². The van der Waals surface area contributed by atoms with Crippen molar-refractivity contribution in [3.63, 3.8) is 0 Å². The lowest BCUT2D eigenvalue weighted by Gasteiger charge is -2.20. The molecule has 3 rings (SSSR count). The monoisotopic (exact) mass is 515 g/mol. The highest BCUT2D eigenvalue weighted by Crippen LogP contribution is 2.50. The summed E-state index contributed by atoms with van der Waals surface area (Å²) in [5.74, 6) is -2.24. The third-order valence-corrected chi connectivity index (χ3v) is 6.75. The Balaban J connectivity index is 2.01. The first-order chi connectivity index (χ1) is 13.2. The number of nitro groups is 1. The van der Waals surface area contributed by atoms with Crippen LogP contribution in [0.2, 0.25) is 0 Å². The molecule has 2 N–H and O–H groups in total. The quantitative estimate of drug-likeness (QED) is 0.0529.